The van der Waals surface area contributed by atoms with E-state index in [2.05, 4.69) is 6.92 Å². The predicted molar refractivity (Wildman–Crippen MR) is 68.1 cm³/mol. The van der Waals surface area contributed by atoms with Crippen LogP contribution in [0, 0.1) is 17.8 Å². The van der Waals surface area contributed by atoms with Crippen molar-refractivity contribution in [3.63, 3.8) is 0 Å². The molecule has 1 unspecified atom stereocenters. The van der Waals surface area contributed by atoms with E-state index >= 15 is 0 Å². The molecule has 6 heteroatoms. The molecular weight excluding hydrogens is 248 g/mol. The Bertz CT molecular complexity index is 349. The number of ether oxygens (including phenoxy) is 1. The van der Waals surface area contributed by atoms with Crippen LogP contribution in [0.5, 0.6) is 0 Å². The molecule has 2 rings (SSSR count). The van der Waals surface area contributed by atoms with Crippen LogP contribution in [0.15, 0.2) is 0 Å². The molecular formula is C13H22N2O4. The first kappa shape index (κ1) is 14.1. The van der Waals surface area contributed by atoms with Crippen molar-refractivity contribution < 1.29 is 19.2 Å². The summed E-state index contributed by atoms with van der Waals surface area (Å²) in [6.45, 7) is 3.80. The third kappa shape index (κ3) is 2.83. The predicted octanol–water partition coefficient (Wildman–Crippen LogP) is 1.12. The van der Waals surface area contributed by atoms with Crippen LogP contribution < -0.4 is 0 Å². The van der Waals surface area contributed by atoms with Gasteiger partial charge >= 0.3 is 6.09 Å². The molecule has 1 aliphatic carbocycles. The molecule has 0 N–H and O–H groups in total. The number of hydrogen-bond acceptors (Lipinski definition) is 4. The average Bonchev–Trinajstić information content (AvgIpc) is 2.90. The summed E-state index contributed by atoms with van der Waals surface area (Å²) in [7, 11) is 3.10. The maximum Gasteiger partial charge on any atom is 0.409 e. The van der Waals surface area contributed by atoms with Crippen LogP contribution in [-0.2, 0) is 14.4 Å². The highest BCUT2D eigenvalue weighted by Gasteiger charge is 2.61. The fourth-order valence-corrected chi connectivity index (χ4v) is 2.74. The smallest absolute Gasteiger partial charge is 0.409 e. The zero-order valence-corrected chi connectivity index (χ0v) is 11.8. The summed E-state index contributed by atoms with van der Waals surface area (Å²) in [6.07, 6.45) is 1.66. The summed E-state index contributed by atoms with van der Waals surface area (Å²) in [4.78, 5) is 30.2. The van der Waals surface area contributed by atoms with Crippen LogP contribution >= 0.6 is 0 Å². The van der Waals surface area contributed by atoms with Gasteiger partial charge in [0.1, 0.15) is 0 Å². The normalized spacial score (nSPS) is 27.9. The van der Waals surface area contributed by atoms with Gasteiger partial charge in [-0.2, -0.15) is 0 Å². The van der Waals surface area contributed by atoms with Crippen LogP contribution in [-0.4, -0.2) is 55.8 Å². The molecule has 6 nitrogen and oxygen atoms in total. The maximum atomic E-state index is 11.9. The quantitative estimate of drug-likeness (QED) is 0.555. The summed E-state index contributed by atoms with van der Waals surface area (Å²) in [5.74, 6) is 0.591. The Morgan fingerprint density at radius 2 is 1.95 bits per heavy atom. The number of carbonyl (C=O) groups excluding carboxylic acids is 2. The van der Waals surface area contributed by atoms with E-state index in [1.807, 2.05) is 0 Å². The van der Waals surface area contributed by atoms with E-state index < -0.39 is 0 Å². The number of rotatable bonds is 5. The topological polar surface area (TPSA) is 59.1 Å². The lowest BCUT2D eigenvalue weighted by Gasteiger charge is -2.20. The van der Waals surface area contributed by atoms with Crippen molar-refractivity contribution in [2.24, 2.45) is 17.8 Å². The number of hydrogen-bond donors (Lipinski definition) is 0. The minimum Gasteiger partial charge on any atom is -0.449 e. The van der Waals surface area contributed by atoms with Gasteiger partial charge in [0.2, 0.25) is 5.91 Å². The van der Waals surface area contributed by atoms with Crippen LogP contribution in [0.2, 0.25) is 0 Å². The van der Waals surface area contributed by atoms with E-state index in [0.29, 0.717) is 19.7 Å². The third-order valence-corrected chi connectivity index (χ3v) is 4.05. The van der Waals surface area contributed by atoms with Gasteiger partial charge in [0, 0.05) is 20.1 Å². The highest BCUT2D eigenvalue weighted by molar-refractivity contribution is 5.82. The largest absolute Gasteiger partial charge is 0.449 e. The molecule has 0 spiro atoms. The Labute approximate surface area is 113 Å². The molecule has 2 aliphatic rings. The van der Waals surface area contributed by atoms with Gasteiger partial charge in [-0.3, -0.25) is 9.63 Å². The van der Waals surface area contributed by atoms with Crippen molar-refractivity contribution in [3.05, 3.63) is 0 Å². The van der Waals surface area contributed by atoms with Crippen LogP contribution in [0.4, 0.5) is 4.79 Å². The monoisotopic (exact) mass is 270 g/mol. The van der Waals surface area contributed by atoms with Crippen molar-refractivity contribution in [1.82, 2.24) is 9.96 Å². The first-order valence-electron chi connectivity index (χ1n) is 6.83. The molecule has 0 bridgehead atoms. The lowest BCUT2D eigenvalue weighted by molar-refractivity contribution is -0.171. The van der Waals surface area contributed by atoms with Crippen LogP contribution in [0.3, 0.4) is 0 Å². The highest BCUT2D eigenvalue weighted by Crippen LogP contribution is 2.52. The summed E-state index contributed by atoms with van der Waals surface area (Å²) in [5, 5.41) is 1.27. The number of hydroxylamine groups is 2. The van der Waals surface area contributed by atoms with E-state index in [1.165, 1.54) is 12.2 Å². The highest BCUT2D eigenvalue weighted by atomic mass is 16.7. The molecule has 2 fully saturated rings. The molecule has 108 valence electrons. The first-order chi connectivity index (χ1) is 9.10. The molecule has 2 amide bonds. The first-order valence-corrected chi connectivity index (χ1v) is 6.83. The summed E-state index contributed by atoms with van der Waals surface area (Å²) >= 11 is 0. The number of fused-ring (bicyclic) bond motifs is 1. The SMILES string of the molecule is CCCCOC(=O)N1C[C@@H]2C(C(=O)N(C)OC)[C@@H]2C1. The van der Waals surface area contributed by atoms with Crippen molar-refractivity contribution in [1.29, 1.82) is 0 Å². The minimum absolute atomic E-state index is 0.0106. The fraction of sp³-hybridized carbons (Fsp3) is 0.846. The van der Waals surface area contributed by atoms with Gasteiger partial charge in [-0.05, 0) is 18.3 Å². The molecule has 1 saturated heterocycles. The second-order valence-electron chi connectivity index (χ2n) is 5.24. The Morgan fingerprint density at radius 1 is 1.32 bits per heavy atom. The van der Waals surface area contributed by atoms with Crippen LogP contribution in [0.25, 0.3) is 0 Å². The standard InChI is InChI=1S/C13H22N2O4/c1-4-5-6-19-13(17)15-7-9-10(8-15)11(9)12(16)14(2)18-3/h9-11H,4-8H2,1-3H3/t9-,10+,11?. The van der Waals surface area contributed by atoms with Crippen LogP contribution in [0.1, 0.15) is 19.8 Å². The summed E-state index contributed by atoms with van der Waals surface area (Å²) in [5.41, 5.74) is 0. The number of piperidine rings is 1. The Kier molecular flexibility index (Phi) is 4.29. The number of amides is 2. The number of carbonyl (C=O) groups is 2. The Hall–Kier alpha value is -1.30. The molecule has 0 aromatic heterocycles. The van der Waals surface area contributed by atoms with Gasteiger partial charge in [0.15, 0.2) is 0 Å². The molecule has 0 aromatic carbocycles. The zero-order chi connectivity index (χ0) is 14.0. The van der Waals surface area contributed by atoms with Gasteiger partial charge in [0.25, 0.3) is 0 Å². The molecule has 0 aromatic rings. The molecule has 3 atom stereocenters. The molecule has 0 radical (unpaired) electrons. The van der Waals surface area contributed by atoms with Crippen molar-refractivity contribution in [2.45, 2.75) is 19.8 Å². The van der Waals surface area contributed by atoms with Gasteiger partial charge in [-0.25, -0.2) is 9.86 Å². The molecule has 1 saturated carbocycles. The van der Waals surface area contributed by atoms with Crippen molar-refractivity contribution >= 4 is 12.0 Å². The van der Waals surface area contributed by atoms with E-state index in [9.17, 15) is 9.59 Å². The molecule has 1 aliphatic heterocycles. The van der Waals surface area contributed by atoms with Gasteiger partial charge in [0.05, 0.1) is 19.6 Å². The third-order valence-electron chi connectivity index (χ3n) is 4.05. The van der Waals surface area contributed by atoms with Gasteiger partial charge < -0.3 is 9.64 Å². The van der Waals surface area contributed by atoms with Gasteiger partial charge in [-0.1, -0.05) is 13.3 Å². The van der Waals surface area contributed by atoms with Crippen molar-refractivity contribution in [3.8, 4) is 0 Å². The lowest BCUT2D eigenvalue weighted by Crippen LogP contribution is -2.36. The van der Waals surface area contributed by atoms with E-state index in [4.69, 9.17) is 9.57 Å². The van der Waals surface area contributed by atoms with Gasteiger partial charge in [-0.15, -0.1) is 0 Å². The van der Waals surface area contributed by atoms with E-state index in [-0.39, 0.29) is 29.8 Å². The number of nitrogens with zero attached hydrogens (tertiary/aromatic N) is 2. The summed E-state index contributed by atoms with van der Waals surface area (Å²) in [6, 6.07) is 0. The van der Waals surface area contributed by atoms with Crippen molar-refractivity contribution in [2.75, 3.05) is 33.9 Å². The average molecular weight is 270 g/mol. The molecule has 19 heavy (non-hydrogen) atoms. The Balaban J connectivity index is 1.74. The molecule has 1 heterocycles. The number of likely N-dealkylation sites (tertiary alicyclic amines) is 1. The van der Waals surface area contributed by atoms with E-state index in [0.717, 1.165) is 12.8 Å². The second kappa shape index (κ2) is 5.77. The zero-order valence-electron chi connectivity index (χ0n) is 11.8. The fourth-order valence-electron chi connectivity index (χ4n) is 2.74. The summed E-state index contributed by atoms with van der Waals surface area (Å²) < 4.78 is 5.17. The Morgan fingerprint density at radius 3 is 2.47 bits per heavy atom. The second-order valence-corrected chi connectivity index (χ2v) is 5.24. The number of unbranched alkanes of at least 4 members (excludes halogenated alkanes) is 1. The maximum absolute atomic E-state index is 11.9. The lowest BCUT2D eigenvalue weighted by atomic mass is 10.2. The minimum atomic E-state index is -0.244. The van der Waals surface area contributed by atoms with E-state index in [1.54, 1.807) is 11.9 Å².